The topological polar surface area (TPSA) is 3.24 Å². The summed E-state index contributed by atoms with van der Waals surface area (Å²) in [6.45, 7) is 3.74. The molecule has 0 radical (unpaired) electrons. The van der Waals surface area contributed by atoms with E-state index in [4.69, 9.17) is 0 Å². The molecular weight excluding hydrogens is 306 g/mol. The van der Waals surface area contributed by atoms with Gasteiger partial charge in [-0.25, -0.2) is 4.39 Å². The van der Waals surface area contributed by atoms with Crippen LogP contribution in [0.1, 0.15) is 42.6 Å². The first-order valence-electron chi connectivity index (χ1n) is 7.34. The van der Waals surface area contributed by atoms with Gasteiger partial charge in [0.25, 0.3) is 0 Å². The van der Waals surface area contributed by atoms with Gasteiger partial charge in [-0.05, 0) is 50.2 Å². The predicted molar refractivity (Wildman–Crippen MR) is 82.4 cm³/mol. The highest BCUT2D eigenvalue weighted by atomic mass is 19.4. The molecule has 0 spiro atoms. The second-order valence-electron chi connectivity index (χ2n) is 5.70. The minimum Gasteiger partial charge on any atom is -0.293 e. The van der Waals surface area contributed by atoms with Gasteiger partial charge in [0.05, 0.1) is 5.56 Å². The van der Waals surface area contributed by atoms with Crippen LogP contribution in [0, 0.1) is 5.82 Å². The Morgan fingerprint density at radius 1 is 0.870 bits per heavy atom. The van der Waals surface area contributed by atoms with Crippen LogP contribution in [0.15, 0.2) is 48.5 Å². The molecule has 0 aliphatic carbocycles. The molecule has 0 saturated heterocycles. The molecule has 0 fully saturated rings. The van der Waals surface area contributed by atoms with Crippen molar-refractivity contribution < 1.29 is 17.6 Å². The Kier molecular flexibility index (Phi) is 5.09. The smallest absolute Gasteiger partial charge is 0.293 e. The lowest BCUT2D eigenvalue weighted by atomic mass is 10.00. The van der Waals surface area contributed by atoms with Crippen LogP contribution < -0.4 is 0 Å². The Balaban J connectivity index is 2.29. The molecule has 0 N–H and O–H groups in total. The fraction of sp³-hybridized carbons (Fsp3) is 0.333. The molecular formula is C18H19F4N. The number of nitrogens with zero attached hydrogens (tertiary/aromatic N) is 1. The average Bonchev–Trinajstić information content (AvgIpc) is 2.52. The quantitative estimate of drug-likeness (QED) is 0.662. The van der Waals surface area contributed by atoms with E-state index in [1.807, 2.05) is 49.2 Å². The molecule has 1 nitrogen and oxygen atoms in total. The molecule has 2 aromatic rings. The van der Waals surface area contributed by atoms with E-state index in [-0.39, 0.29) is 12.1 Å². The number of alkyl halides is 3. The zero-order valence-electron chi connectivity index (χ0n) is 13.2. The fourth-order valence-electron chi connectivity index (χ4n) is 2.55. The molecule has 2 atom stereocenters. The minimum atomic E-state index is -4.56. The van der Waals surface area contributed by atoms with Crippen molar-refractivity contribution in [2.45, 2.75) is 32.1 Å². The van der Waals surface area contributed by atoms with E-state index in [1.165, 1.54) is 0 Å². The number of hydrogen-bond donors (Lipinski definition) is 0. The monoisotopic (exact) mass is 325 g/mol. The summed E-state index contributed by atoms with van der Waals surface area (Å²) in [7, 11) is 1.82. The number of halogens is 4. The van der Waals surface area contributed by atoms with Crippen LogP contribution in [0.25, 0.3) is 0 Å². The van der Waals surface area contributed by atoms with Crippen molar-refractivity contribution in [2.24, 2.45) is 0 Å². The summed E-state index contributed by atoms with van der Waals surface area (Å²) in [5.74, 6) is -0.873. The van der Waals surface area contributed by atoms with E-state index in [0.717, 1.165) is 17.7 Å². The molecule has 0 bridgehead atoms. The molecule has 0 amide bonds. The third-order valence-electron chi connectivity index (χ3n) is 4.23. The summed E-state index contributed by atoms with van der Waals surface area (Å²) < 4.78 is 52.2. The van der Waals surface area contributed by atoms with Crippen LogP contribution in [-0.4, -0.2) is 11.9 Å². The van der Waals surface area contributed by atoms with E-state index in [2.05, 4.69) is 0 Å². The highest BCUT2D eigenvalue weighted by Crippen LogP contribution is 2.34. The molecule has 5 heteroatoms. The van der Waals surface area contributed by atoms with Crippen molar-refractivity contribution in [3.63, 3.8) is 0 Å². The number of hydrogen-bond acceptors (Lipinski definition) is 1. The van der Waals surface area contributed by atoms with Gasteiger partial charge in [-0.2, -0.15) is 13.2 Å². The van der Waals surface area contributed by atoms with Gasteiger partial charge in [0.15, 0.2) is 0 Å². The number of rotatable bonds is 4. The molecule has 0 aromatic heterocycles. The maximum absolute atomic E-state index is 13.6. The van der Waals surface area contributed by atoms with Gasteiger partial charge in [0.1, 0.15) is 5.82 Å². The van der Waals surface area contributed by atoms with Crippen molar-refractivity contribution in [3.05, 3.63) is 71.0 Å². The van der Waals surface area contributed by atoms with Gasteiger partial charge in [-0.15, -0.1) is 0 Å². The van der Waals surface area contributed by atoms with Crippen molar-refractivity contribution in [1.82, 2.24) is 4.90 Å². The second-order valence-corrected chi connectivity index (χ2v) is 5.70. The lowest BCUT2D eigenvalue weighted by Crippen LogP contribution is -2.26. The Morgan fingerprint density at radius 2 is 1.43 bits per heavy atom. The van der Waals surface area contributed by atoms with Gasteiger partial charge in [-0.1, -0.05) is 30.3 Å². The van der Waals surface area contributed by atoms with Crippen LogP contribution in [0.2, 0.25) is 0 Å². The Morgan fingerprint density at radius 3 is 2.00 bits per heavy atom. The zero-order valence-corrected chi connectivity index (χ0v) is 13.2. The van der Waals surface area contributed by atoms with Crippen molar-refractivity contribution >= 4 is 0 Å². The molecule has 2 aromatic carbocycles. The van der Waals surface area contributed by atoms with Crippen LogP contribution in [0.4, 0.5) is 17.6 Å². The maximum atomic E-state index is 13.6. The summed E-state index contributed by atoms with van der Waals surface area (Å²) in [6.07, 6.45) is -4.56. The third-order valence-corrected chi connectivity index (χ3v) is 4.23. The third kappa shape index (κ3) is 4.10. The zero-order chi connectivity index (χ0) is 17.2. The van der Waals surface area contributed by atoms with E-state index in [9.17, 15) is 17.6 Å². The summed E-state index contributed by atoms with van der Waals surface area (Å²) in [5.41, 5.74) is 0.400. The van der Waals surface area contributed by atoms with Crippen molar-refractivity contribution in [1.29, 1.82) is 0 Å². The maximum Gasteiger partial charge on any atom is 0.416 e. The second kappa shape index (κ2) is 6.71. The molecule has 0 aliphatic heterocycles. The Bertz CT molecular complexity index is 652. The first-order valence-corrected chi connectivity index (χ1v) is 7.34. The summed E-state index contributed by atoms with van der Waals surface area (Å²) >= 11 is 0. The largest absolute Gasteiger partial charge is 0.416 e. The van der Waals surface area contributed by atoms with Gasteiger partial charge >= 0.3 is 6.18 Å². The lowest BCUT2D eigenvalue weighted by molar-refractivity contribution is -0.137. The summed E-state index contributed by atoms with van der Waals surface area (Å²) in [5, 5.41) is 0. The SMILES string of the molecule is CC(c1ccccc1)N(C)C(C)c1cc(F)cc(C(F)(F)F)c1. The van der Waals surface area contributed by atoms with E-state index >= 15 is 0 Å². The first kappa shape index (κ1) is 17.5. The average molecular weight is 325 g/mol. The highest BCUT2D eigenvalue weighted by Gasteiger charge is 2.32. The van der Waals surface area contributed by atoms with Gasteiger partial charge < -0.3 is 0 Å². The molecule has 2 rings (SSSR count). The molecule has 0 heterocycles. The van der Waals surface area contributed by atoms with Crippen LogP contribution in [0.5, 0.6) is 0 Å². The predicted octanol–water partition coefficient (Wildman–Crippen LogP) is 5.60. The first-order chi connectivity index (χ1) is 10.7. The van der Waals surface area contributed by atoms with Crippen LogP contribution in [0.3, 0.4) is 0 Å². The molecule has 2 unspecified atom stereocenters. The minimum absolute atomic E-state index is 0.0104. The Labute approximate surface area is 133 Å². The van der Waals surface area contributed by atoms with E-state index in [0.29, 0.717) is 11.6 Å². The normalized spacial score (nSPS) is 14.8. The Hall–Kier alpha value is -1.88. The van der Waals surface area contributed by atoms with Gasteiger partial charge in [-0.3, -0.25) is 4.90 Å². The summed E-state index contributed by atoms with van der Waals surface area (Å²) in [4.78, 5) is 1.92. The van der Waals surface area contributed by atoms with Crippen LogP contribution >= 0.6 is 0 Å². The molecule has 0 saturated carbocycles. The number of benzene rings is 2. The molecule has 124 valence electrons. The summed E-state index contributed by atoms with van der Waals surface area (Å²) in [6, 6.07) is 12.0. The van der Waals surface area contributed by atoms with Crippen LogP contribution in [-0.2, 0) is 6.18 Å². The highest BCUT2D eigenvalue weighted by molar-refractivity contribution is 5.29. The molecule has 23 heavy (non-hydrogen) atoms. The van der Waals surface area contributed by atoms with Crippen molar-refractivity contribution in [2.75, 3.05) is 7.05 Å². The van der Waals surface area contributed by atoms with Gasteiger partial charge in [0.2, 0.25) is 0 Å². The van der Waals surface area contributed by atoms with Gasteiger partial charge in [0, 0.05) is 12.1 Å². The van der Waals surface area contributed by atoms with E-state index in [1.54, 1.807) is 6.92 Å². The van der Waals surface area contributed by atoms with Crippen molar-refractivity contribution in [3.8, 4) is 0 Å². The standard InChI is InChI=1S/C18H19F4N/c1-12(14-7-5-4-6-8-14)23(3)13(2)15-9-16(18(20,21)22)11-17(19)10-15/h4-13H,1-3H3. The lowest BCUT2D eigenvalue weighted by Gasteiger charge is -2.31. The molecule has 0 aliphatic rings. The fourth-order valence-corrected chi connectivity index (χ4v) is 2.55. The van der Waals surface area contributed by atoms with E-state index < -0.39 is 17.6 Å².